The Morgan fingerprint density at radius 1 is 1.40 bits per heavy atom. The lowest BCUT2D eigenvalue weighted by molar-refractivity contribution is 0.477. The quantitative estimate of drug-likeness (QED) is 0.817. The molecule has 2 nitrogen and oxygen atoms in total. The van der Waals surface area contributed by atoms with Crippen molar-refractivity contribution >= 4 is 33.2 Å². The molecule has 0 spiro atoms. The van der Waals surface area contributed by atoms with Gasteiger partial charge in [0.05, 0.1) is 0 Å². The van der Waals surface area contributed by atoms with E-state index >= 15 is 0 Å². The molecule has 1 heterocycles. The number of hydrogen-bond acceptors (Lipinski definition) is 4. The van der Waals surface area contributed by atoms with Gasteiger partial charge in [-0.2, -0.15) is 0 Å². The summed E-state index contributed by atoms with van der Waals surface area (Å²) in [4.78, 5) is 12.4. The molecule has 0 saturated heterocycles. The van der Waals surface area contributed by atoms with E-state index in [-0.39, 0.29) is 10.5 Å². The number of fused-ring (bicyclic) bond motifs is 1. The monoisotopic (exact) mass is 238 g/mol. The lowest BCUT2D eigenvalue weighted by Gasteiger charge is -2.02. The highest BCUT2D eigenvalue weighted by atomic mass is 32.2. The molecule has 4 heteroatoms. The zero-order chi connectivity index (χ0) is 10.8. The van der Waals surface area contributed by atoms with Crippen LogP contribution in [0.25, 0.3) is 10.1 Å². The van der Waals surface area contributed by atoms with Crippen LogP contribution in [0.4, 0.5) is 0 Å². The van der Waals surface area contributed by atoms with Crippen LogP contribution in [0.3, 0.4) is 0 Å². The first kappa shape index (κ1) is 10.5. The third-order valence-electron chi connectivity index (χ3n) is 2.03. The van der Waals surface area contributed by atoms with E-state index in [9.17, 15) is 9.90 Å². The SMILES string of the molecule is CCSc1c(O)sc2ccccc2c1=O. The van der Waals surface area contributed by atoms with Crippen LogP contribution in [0.5, 0.6) is 5.06 Å². The van der Waals surface area contributed by atoms with E-state index in [1.807, 2.05) is 25.1 Å². The molecule has 15 heavy (non-hydrogen) atoms. The van der Waals surface area contributed by atoms with Gasteiger partial charge in [0.25, 0.3) is 0 Å². The fraction of sp³-hybridized carbons (Fsp3) is 0.182. The third kappa shape index (κ3) is 1.87. The molecule has 2 aromatic rings. The minimum atomic E-state index is -0.0614. The Morgan fingerprint density at radius 3 is 2.87 bits per heavy atom. The smallest absolute Gasteiger partial charge is 0.205 e. The molecule has 0 bridgehead atoms. The maximum atomic E-state index is 12.0. The van der Waals surface area contributed by atoms with Gasteiger partial charge in [0.15, 0.2) is 5.06 Å². The van der Waals surface area contributed by atoms with Crippen LogP contribution in [0.1, 0.15) is 6.92 Å². The zero-order valence-corrected chi connectivity index (χ0v) is 9.82. The second-order valence-corrected chi connectivity index (χ2v) is 5.30. The molecule has 1 aromatic heterocycles. The molecule has 2 rings (SSSR count). The van der Waals surface area contributed by atoms with Crippen molar-refractivity contribution in [2.24, 2.45) is 0 Å². The summed E-state index contributed by atoms with van der Waals surface area (Å²) in [6.07, 6.45) is 0. The van der Waals surface area contributed by atoms with E-state index in [2.05, 4.69) is 0 Å². The van der Waals surface area contributed by atoms with Gasteiger partial charge in [-0.1, -0.05) is 30.4 Å². The average molecular weight is 238 g/mol. The highest BCUT2D eigenvalue weighted by Crippen LogP contribution is 2.33. The molecule has 0 radical (unpaired) electrons. The summed E-state index contributed by atoms with van der Waals surface area (Å²) in [6, 6.07) is 7.35. The summed E-state index contributed by atoms with van der Waals surface area (Å²) in [6.45, 7) is 1.96. The predicted octanol–water partition coefficient (Wildman–Crippen LogP) is 3.08. The van der Waals surface area contributed by atoms with E-state index < -0.39 is 0 Å². The fourth-order valence-electron chi connectivity index (χ4n) is 1.38. The number of aromatic hydroxyl groups is 1. The van der Waals surface area contributed by atoms with E-state index in [1.165, 1.54) is 23.1 Å². The first-order valence-corrected chi connectivity index (χ1v) is 6.42. The molecule has 0 saturated carbocycles. The molecule has 0 aliphatic heterocycles. The van der Waals surface area contributed by atoms with Crippen molar-refractivity contribution in [3.05, 3.63) is 34.5 Å². The first-order valence-electron chi connectivity index (χ1n) is 4.61. The largest absolute Gasteiger partial charge is 0.499 e. The van der Waals surface area contributed by atoms with Crippen LogP contribution in [-0.2, 0) is 0 Å². The van der Waals surface area contributed by atoms with Crippen LogP contribution in [0.15, 0.2) is 34.0 Å². The Kier molecular flexibility index (Phi) is 2.98. The lowest BCUT2D eigenvalue weighted by Crippen LogP contribution is -2.03. The van der Waals surface area contributed by atoms with Crippen LogP contribution in [0, 0.1) is 0 Å². The molecule has 0 fully saturated rings. The van der Waals surface area contributed by atoms with Crippen molar-refractivity contribution in [1.29, 1.82) is 0 Å². The van der Waals surface area contributed by atoms with Gasteiger partial charge in [-0.15, -0.1) is 11.8 Å². The predicted molar refractivity (Wildman–Crippen MR) is 66.2 cm³/mol. The normalized spacial score (nSPS) is 10.7. The van der Waals surface area contributed by atoms with Crippen molar-refractivity contribution in [3.8, 4) is 5.06 Å². The number of rotatable bonds is 2. The molecule has 78 valence electrons. The average Bonchev–Trinajstić information content (AvgIpc) is 2.24. The zero-order valence-electron chi connectivity index (χ0n) is 8.19. The summed E-state index contributed by atoms with van der Waals surface area (Å²) in [5.74, 6) is 0.786. The van der Waals surface area contributed by atoms with Gasteiger partial charge >= 0.3 is 0 Å². The van der Waals surface area contributed by atoms with Crippen molar-refractivity contribution in [3.63, 3.8) is 0 Å². The van der Waals surface area contributed by atoms with Crippen molar-refractivity contribution in [1.82, 2.24) is 0 Å². The van der Waals surface area contributed by atoms with Gasteiger partial charge < -0.3 is 5.11 Å². The lowest BCUT2D eigenvalue weighted by atomic mass is 10.2. The third-order valence-corrected chi connectivity index (χ3v) is 4.09. The molecule has 1 N–H and O–H groups in total. The molecule has 1 aromatic carbocycles. The molecular formula is C11H10O2S2. The second kappa shape index (κ2) is 4.24. The van der Waals surface area contributed by atoms with Gasteiger partial charge in [0.2, 0.25) is 5.43 Å². The Hall–Kier alpha value is -1.00. The van der Waals surface area contributed by atoms with Crippen LogP contribution < -0.4 is 5.43 Å². The second-order valence-electron chi connectivity index (χ2n) is 2.99. The van der Waals surface area contributed by atoms with Gasteiger partial charge in [-0.05, 0) is 17.9 Å². The highest BCUT2D eigenvalue weighted by molar-refractivity contribution is 7.99. The van der Waals surface area contributed by atoms with E-state index in [0.717, 1.165) is 10.5 Å². The molecule has 0 aliphatic carbocycles. The summed E-state index contributed by atoms with van der Waals surface area (Å²) in [5, 5.41) is 10.5. The fourth-order valence-corrected chi connectivity index (χ4v) is 3.15. The van der Waals surface area contributed by atoms with Crippen molar-refractivity contribution < 1.29 is 5.11 Å². The topological polar surface area (TPSA) is 37.3 Å². The van der Waals surface area contributed by atoms with Crippen molar-refractivity contribution in [2.75, 3.05) is 5.75 Å². The molecule has 0 unspecified atom stereocenters. The molecule has 0 amide bonds. The van der Waals surface area contributed by atoms with Crippen LogP contribution >= 0.6 is 23.1 Å². The Labute approximate surface area is 95.6 Å². The Balaban J connectivity index is 2.78. The van der Waals surface area contributed by atoms with Gasteiger partial charge in [-0.3, -0.25) is 4.79 Å². The molecule has 0 aliphatic rings. The standard InChI is InChI=1S/C11H10O2S2/c1-2-14-10-9(12)7-5-3-4-6-8(7)15-11(10)13/h3-6,13H,2H2,1H3. The highest BCUT2D eigenvalue weighted by Gasteiger charge is 2.10. The van der Waals surface area contributed by atoms with E-state index in [0.29, 0.717) is 10.3 Å². The Morgan fingerprint density at radius 2 is 2.13 bits per heavy atom. The minimum Gasteiger partial charge on any atom is -0.499 e. The summed E-state index contributed by atoms with van der Waals surface area (Å²) in [7, 11) is 0. The van der Waals surface area contributed by atoms with Crippen LogP contribution in [0.2, 0.25) is 0 Å². The Bertz CT molecular complexity index is 546. The molecular weight excluding hydrogens is 228 g/mol. The molecule has 0 atom stereocenters. The van der Waals surface area contributed by atoms with Gasteiger partial charge in [0, 0.05) is 10.1 Å². The van der Waals surface area contributed by atoms with Gasteiger partial charge in [-0.25, -0.2) is 0 Å². The summed E-state index contributed by atoms with van der Waals surface area (Å²) in [5.41, 5.74) is -0.0614. The first-order chi connectivity index (χ1) is 7.24. The summed E-state index contributed by atoms with van der Waals surface area (Å²) >= 11 is 2.65. The van der Waals surface area contributed by atoms with E-state index in [1.54, 1.807) is 6.07 Å². The summed E-state index contributed by atoms with van der Waals surface area (Å²) < 4.78 is 0.834. The number of thioether (sulfide) groups is 1. The van der Waals surface area contributed by atoms with E-state index in [4.69, 9.17) is 0 Å². The maximum Gasteiger partial charge on any atom is 0.205 e. The van der Waals surface area contributed by atoms with Gasteiger partial charge in [0.1, 0.15) is 4.90 Å². The van der Waals surface area contributed by atoms with Crippen LogP contribution in [-0.4, -0.2) is 10.9 Å². The minimum absolute atomic E-state index is 0.0614. The number of benzene rings is 1. The number of hydrogen-bond donors (Lipinski definition) is 1. The maximum absolute atomic E-state index is 12.0. The van der Waals surface area contributed by atoms with Crippen molar-refractivity contribution in [2.45, 2.75) is 11.8 Å².